The van der Waals surface area contributed by atoms with Gasteiger partial charge in [-0.05, 0) is 49.9 Å². The number of ketones is 1. The van der Waals surface area contributed by atoms with Gasteiger partial charge in [0.25, 0.3) is 0 Å². The highest BCUT2D eigenvalue weighted by molar-refractivity contribution is 6.39. The van der Waals surface area contributed by atoms with Gasteiger partial charge in [0.2, 0.25) is 0 Å². The molecule has 0 saturated carbocycles. The largest absolute Gasteiger partial charge is 0.334 e. The van der Waals surface area contributed by atoms with Crippen LogP contribution in [0.4, 0.5) is 5.69 Å². The molecule has 0 aliphatic carbocycles. The molecule has 1 aliphatic rings. The van der Waals surface area contributed by atoms with E-state index in [9.17, 15) is 14.4 Å². The highest BCUT2D eigenvalue weighted by Gasteiger charge is 2.26. The van der Waals surface area contributed by atoms with E-state index in [4.69, 9.17) is 0 Å². The average molecular weight is 288 g/mol. The van der Waals surface area contributed by atoms with Gasteiger partial charge in [0.15, 0.2) is 5.78 Å². The second-order valence-electron chi connectivity index (χ2n) is 5.59. The van der Waals surface area contributed by atoms with E-state index in [0.29, 0.717) is 30.3 Å². The van der Waals surface area contributed by atoms with Gasteiger partial charge in [0.05, 0.1) is 0 Å². The topological polar surface area (TPSA) is 66.5 Å². The number of rotatable bonds is 2. The minimum Gasteiger partial charge on any atom is -0.334 e. The third-order valence-electron chi connectivity index (χ3n) is 3.69. The lowest BCUT2D eigenvalue weighted by Crippen LogP contribution is -2.44. The van der Waals surface area contributed by atoms with Crippen molar-refractivity contribution in [1.29, 1.82) is 0 Å². The van der Waals surface area contributed by atoms with E-state index in [2.05, 4.69) is 12.2 Å². The summed E-state index contributed by atoms with van der Waals surface area (Å²) in [5.74, 6) is -0.714. The fourth-order valence-electron chi connectivity index (χ4n) is 2.49. The highest BCUT2D eigenvalue weighted by Crippen LogP contribution is 2.16. The Morgan fingerprint density at radius 3 is 2.43 bits per heavy atom. The fraction of sp³-hybridized carbons (Fsp3) is 0.438. The van der Waals surface area contributed by atoms with Gasteiger partial charge in [-0.1, -0.05) is 6.92 Å². The molecule has 1 aliphatic heterocycles. The smallest absolute Gasteiger partial charge is 0.313 e. The van der Waals surface area contributed by atoms with Crippen LogP contribution < -0.4 is 5.32 Å². The van der Waals surface area contributed by atoms with Gasteiger partial charge in [-0.25, -0.2) is 0 Å². The molecule has 1 saturated heterocycles. The number of hydrogen-bond acceptors (Lipinski definition) is 3. The monoisotopic (exact) mass is 288 g/mol. The quantitative estimate of drug-likeness (QED) is 0.669. The molecule has 0 spiro atoms. The number of nitrogens with zero attached hydrogens (tertiary/aromatic N) is 1. The lowest BCUT2D eigenvalue weighted by Gasteiger charge is -2.30. The van der Waals surface area contributed by atoms with Crippen molar-refractivity contribution >= 4 is 23.3 Å². The predicted molar refractivity (Wildman–Crippen MR) is 80.1 cm³/mol. The van der Waals surface area contributed by atoms with Crippen LogP contribution in [0.15, 0.2) is 24.3 Å². The Labute approximate surface area is 124 Å². The summed E-state index contributed by atoms with van der Waals surface area (Å²) in [5.41, 5.74) is 1.09. The molecular formula is C16H20N2O3. The average Bonchev–Trinajstić information content (AvgIpc) is 2.47. The minimum absolute atomic E-state index is 0.0359. The molecule has 0 aromatic heterocycles. The van der Waals surface area contributed by atoms with Crippen molar-refractivity contribution in [2.24, 2.45) is 5.92 Å². The number of anilines is 1. The molecule has 2 amide bonds. The van der Waals surface area contributed by atoms with Crippen LogP contribution in [0.3, 0.4) is 0 Å². The number of Topliss-reactive ketones (excluding diaryl/α,β-unsaturated/α-hetero) is 1. The van der Waals surface area contributed by atoms with Crippen LogP contribution in [0.1, 0.15) is 37.0 Å². The van der Waals surface area contributed by atoms with Crippen molar-refractivity contribution in [2.75, 3.05) is 18.4 Å². The second-order valence-corrected chi connectivity index (χ2v) is 5.59. The first-order valence-electron chi connectivity index (χ1n) is 7.18. The summed E-state index contributed by atoms with van der Waals surface area (Å²) in [6.45, 7) is 4.84. The fourth-order valence-corrected chi connectivity index (χ4v) is 2.49. The van der Waals surface area contributed by atoms with Gasteiger partial charge in [0.1, 0.15) is 0 Å². The lowest BCUT2D eigenvalue weighted by molar-refractivity contribution is -0.144. The van der Waals surface area contributed by atoms with Gasteiger partial charge in [0, 0.05) is 24.3 Å². The molecular weight excluding hydrogens is 268 g/mol. The van der Waals surface area contributed by atoms with Crippen LogP contribution in [0.2, 0.25) is 0 Å². The molecule has 1 atom stereocenters. The van der Waals surface area contributed by atoms with Crippen LogP contribution in [-0.4, -0.2) is 35.6 Å². The molecule has 1 aromatic rings. The number of benzene rings is 1. The first kappa shape index (κ1) is 15.2. The Hall–Kier alpha value is -2.17. The van der Waals surface area contributed by atoms with Gasteiger partial charge in [-0.2, -0.15) is 0 Å². The number of nitrogens with one attached hydrogen (secondary N) is 1. The summed E-state index contributed by atoms with van der Waals surface area (Å²) in [4.78, 5) is 36.8. The van der Waals surface area contributed by atoms with Crippen molar-refractivity contribution < 1.29 is 14.4 Å². The molecule has 5 heteroatoms. The zero-order valence-electron chi connectivity index (χ0n) is 12.4. The zero-order valence-corrected chi connectivity index (χ0v) is 12.4. The number of carbonyl (C=O) groups is 3. The first-order chi connectivity index (χ1) is 9.97. The van der Waals surface area contributed by atoms with Gasteiger partial charge >= 0.3 is 11.8 Å². The number of hydrogen-bond donors (Lipinski definition) is 1. The number of likely N-dealkylation sites (tertiary alicyclic amines) is 1. The zero-order chi connectivity index (χ0) is 15.4. The summed E-state index contributed by atoms with van der Waals surface area (Å²) >= 11 is 0. The Morgan fingerprint density at radius 1 is 1.19 bits per heavy atom. The van der Waals surface area contributed by atoms with Crippen LogP contribution in [0, 0.1) is 5.92 Å². The molecule has 0 bridgehead atoms. The predicted octanol–water partition coefficient (Wildman–Crippen LogP) is 2.09. The van der Waals surface area contributed by atoms with E-state index in [1.54, 1.807) is 29.2 Å². The Morgan fingerprint density at radius 2 is 1.86 bits per heavy atom. The molecule has 5 nitrogen and oxygen atoms in total. The van der Waals surface area contributed by atoms with Gasteiger partial charge in [-0.3, -0.25) is 14.4 Å². The Bertz CT molecular complexity index is 551. The normalized spacial score (nSPS) is 18.2. The minimum atomic E-state index is -0.625. The molecule has 0 radical (unpaired) electrons. The Kier molecular flexibility index (Phi) is 4.73. The van der Waals surface area contributed by atoms with E-state index >= 15 is 0 Å². The summed E-state index contributed by atoms with van der Waals surface area (Å²) in [7, 11) is 0. The van der Waals surface area contributed by atoms with E-state index in [0.717, 1.165) is 12.8 Å². The van der Waals surface area contributed by atoms with E-state index in [1.165, 1.54) is 6.92 Å². The standard InChI is InChI=1S/C16H20N2O3/c1-11-4-3-9-18(10-11)16(21)15(20)17-14-7-5-13(6-8-14)12(2)19/h5-8,11H,3-4,9-10H2,1-2H3,(H,17,20). The van der Waals surface area contributed by atoms with Crippen LogP contribution in [0.5, 0.6) is 0 Å². The highest BCUT2D eigenvalue weighted by atomic mass is 16.2. The summed E-state index contributed by atoms with van der Waals surface area (Å²) < 4.78 is 0. The number of amides is 2. The third-order valence-corrected chi connectivity index (χ3v) is 3.69. The van der Waals surface area contributed by atoms with Gasteiger partial charge < -0.3 is 10.2 Å². The molecule has 21 heavy (non-hydrogen) atoms. The number of carbonyl (C=O) groups excluding carboxylic acids is 3. The van der Waals surface area contributed by atoms with Crippen LogP contribution in [0.25, 0.3) is 0 Å². The SMILES string of the molecule is CC(=O)c1ccc(NC(=O)C(=O)N2CCCC(C)C2)cc1. The van der Waals surface area contributed by atoms with Crippen molar-refractivity contribution in [3.8, 4) is 0 Å². The van der Waals surface area contributed by atoms with E-state index < -0.39 is 11.8 Å². The first-order valence-corrected chi connectivity index (χ1v) is 7.18. The lowest BCUT2D eigenvalue weighted by atomic mass is 10.0. The second kappa shape index (κ2) is 6.52. The van der Waals surface area contributed by atoms with Crippen molar-refractivity contribution in [3.63, 3.8) is 0 Å². The van der Waals surface area contributed by atoms with Crippen LogP contribution in [-0.2, 0) is 9.59 Å². The van der Waals surface area contributed by atoms with Crippen molar-refractivity contribution in [3.05, 3.63) is 29.8 Å². The molecule has 1 unspecified atom stereocenters. The van der Waals surface area contributed by atoms with E-state index in [-0.39, 0.29) is 5.78 Å². The van der Waals surface area contributed by atoms with Crippen LogP contribution >= 0.6 is 0 Å². The van der Waals surface area contributed by atoms with Gasteiger partial charge in [-0.15, -0.1) is 0 Å². The summed E-state index contributed by atoms with van der Waals surface area (Å²) in [6, 6.07) is 6.51. The Balaban J connectivity index is 1.97. The summed E-state index contributed by atoms with van der Waals surface area (Å²) in [6.07, 6.45) is 2.03. The summed E-state index contributed by atoms with van der Waals surface area (Å²) in [5, 5.41) is 2.58. The number of piperidine rings is 1. The maximum absolute atomic E-state index is 12.1. The molecule has 2 rings (SSSR count). The molecule has 1 fully saturated rings. The maximum atomic E-state index is 12.1. The maximum Gasteiger partial charge on any atom is 0.313 e. The molecule has 1 aromatic carbocycles. The van der Waals surface area contributed by atoms with Crippen molar-refractivity contribution in [2.45, 2.75) is 26.7 Å². The molecule has 1 N–H and O–H groups in total. The van der Waals surface area contributed by atoms with Crippen molar-refractivity contribution in [1.82, 2.24) is 4.90 Å². The van der Waals surface area contributed by atoms with E-state index in [1.807, 2.05) is 0 Å². The molecule has 1 heterocycles. The third kappa shape index (κ3) is 3.90. The molecule has 112 valence electrons.